The van der Waals surface area contributed by atoms with Gasteiger partial charge in [-0.15, -0.1) is 11.3 Å². The number of methoxy groups -OCH3 is 1. The normalized spacial score (nSPS) is 15.6. The van der Waals surface area contributed by atoms with Gasteiger partial charge in [-0.05, 0) is 48.6 Å². The van der Waals surface area contributed by atoms with Gasteiger partial charge in [0.25, 0.3) is 0 Å². The molecule has 6 heteroatoms. The monoisotopic (exact) mass is 382 g/mol. The molecule has 2 heterocycles. The van der Waals surface area contributed by atoms with Crippen LogP contribution in [0.4, 0.5) is 0 Å². The van der Waals surface area contributed by atoms with E-state index in [0.717, 1.165) is 41.9 Å². The van der Waals surface area contributed by atoms with Gasteiger partial charge in [-0.1, -0.05) is 24.1 Å². The van der Waals surface area contributed by atoms with Gasteiger partial charge in [-0.25, -0.2) is 0 Å². The fourth-order valence-electron chi connectivity index (χ4n) is 3.74. The van der Waals surface area contributed by atoms with Crippen LogP contribution in [0.1, 0.15) is 36.3 Å². The average Bonchev–Trinajstić information content (AvgIpc) is 3.47. The van der Waals surface area contributed by atoms with Gasteiger partial charge in [0.1, 0.15) is 11.4 Å². The molecule has 1 aromatic carbocycles. The fraction of sp³-hybridized carbons (Fsp3) is 0.333. The zero-order chi connectivity index (χ0) is 18.7. The van der Waals surface area contributed by atoms with Crippen LogP contribution in [0.2, 0.25) is 0 Å². The van der Waals surface area contributed by atoms with Crippen LogP contribution in [-0.4, -0.2) is 18.2 Å². The smallest absolute Gasteiger partial charge is 0.231 e. The first-order valence-corrected chi connectivity index (χ1v) is 10.0. The Labute approximate surface area is 162 Å². The van der Waals surface area contributed by atoms with E-state index in [4.69, 9.17) is 9.26 Å². The minimum Gasteiger partial charge on any atom is -0.497 e. The third kappa shape index (κ3) is 3.49. The first-order valence-electron chi connectivity index (χ1n) is 9.13. The lowest BCUT2D eigenvalue weighted by Gasteiger charge is -2.26. The fourth-order valence-corrected chi connectivity index (χ4v) is 4.72. The first-order chi connectivity index (χ1) is 13.2. The number of carbonyl (C=O) groups is 1. The summed E-state index contributed by atoms with van der Waals surface area (Å²) < 4.78 is 10.6. The Kier molecular flexibility index (Phi) is 4.99. The van der Waals surface area contributed by atoms with E-state index in [0.29, 0.717) is 18.0 Å². The summed E-state index contributed by atoms with van der Waals surface area (Å²) in [4.78, 5) is 14.2. The topological polar surface area (TPSA) is 64.4 Å². The number of nitrogens with one attached hydrogen (secondary N) is 1. The van der Waals surface area contributed by atoms with Crippen molar-refractivity contribution in [1.29, 1.82) is 0 Å². The molecule has 27 heavy (non-hydrogen) atoms. The van der Waals surface area contributed by atoms with Crippen molar-refractivity contribution in [1.82, 2.24) is 10.5 Å². The van der Waals surface area contributed by atoms with E-state index < -0.39 is 0 Å². The number of aromatic nitrogens is 1. The predicted octanol–water partition coefficient (Wildman–Crippen LogP) is 4.54. The Bertz CT molecular complexity index is 894. The summed E-state index contributed by atoms with van der Waals surface area (Å²) in [6.07, 6.45) is 4.01. The van der Waals surface area contributed by atoms with Crippen molar-refractivity contribution in [3.8, 4) is 17.1 Å². The number of amides is 1. The molecule has 0 unspecified atom stereocenters. The molecule has 1 aliphatic rings. The van der Waals surface area contributed by atoms with Crippen LogP contribution in [0.25, 0.3) is 11.3 Å². The van der Waals surface area contributed by atoms with Gasteiger partial charge in [0.05, 0.1) is 19.1 Å². The molecule has 1 saturated carbocycles. The highest BCUT2D eigenvalue weighted by Crippen LogP contribution is 2.43. The second-order valence-corrected chi connectivity index (χ2v) is 7.81. The Balaban J connectivity index is 1.44. The van der Waals surface area contributed by atoms with E-state index in [2.05, 4.69) is 16.5 Å². The SMILES string of the molecule is COc1ccc(-c2cc(CNC(=O)C3(c4cccs4)CCCC3)no2)cc1. The highest BCUT2D eigenvalue weighted by molar-refractivity contribution is 7.10. The summed E-state index contributed by atoms with van der Waals surface area (Å²) >= 11 is 1.67. The lowest BCUT2D eigenvalue weighted by molar-refractivity contribution is -0.126. The molecule has 0 bridgehead atoms. The zero-order valence-corrected chi connectivity index (χ0v) is 16.1. The Hall–Kier alpha value is -2.60. The summed E-state index contributed by atoms with van der Waals surface area (Å²) in [5.74, 6) is 1.56. The van der Waals surface area contributed by atoms with Crippen LogP contribution in [-0.2, 0) is 16.8 Å². The predicted molar refractivity (Wildman–Crippen MR) is 105 cm³/mol. The highest BCUT2D eigenvalue weighted by atomic mass is 32.1. The van der Waals surface area contributed by atoms with Crippen molar-refractivity contribution in [2.24, 2.45) is 0 Å². The maximum Gasteiger partial charge on any atom is 0.231 e. The molecular weight excluding hydrogens is 360 g/mol. The average molecular weight is 382 g/mol. The molecule has 0 aliphatic heterocycles. The van der Waals surface area contributed by atoms with E-state index >= 15 is 0 Å². The number of carbonyl (C=O) groups excluding carboxylic acids is 1. The minimum absolute atomic E-state index is 0.0939. The first kappa shape index (κ1) is 17.8. The van der Waals surface area contributed by atoms with Gasteiger partial charge in [-0.3, -0.25) is 4.79 Å². The van der Waals surface area contributed by atoms with Gasteiger partial charge in [0.2, 0.25) is 5.91 Å². The number of rotatable bonds is 6. The van der Waals surface area contributed by atoms with Crippen molar-refractivity contribution in [2.45, 2.75) is 37.6 Å². The van der Waals surface area contributed by atoms with Gasteiger partial charge in [0.15, 0.2) is 5.76 Å². The van der Waals surface area contributed by atoms with Gasteiger partial charge >= 0.3 is 0 Å². The summed E-state index contributed by atoms with van der Waals surface area (Å²) in [6, 6.07) is 13.6. The minimum atomic E-state index is -0.378. The number of thiophene rings is 1. The van der Waals surface area contributed by atoms with Crippen LogP contribution in [0.5, 0.6) is 5.75 Å². The van der Waals surface area contributed by atoms with Gasteiger partial charge in [-0.2, -0.15) is 0 Å². The van der Waals surface area contributed by atoms with Crippen LogP contribution in [0.15, 0.2) is 52.4 Å². The van der Waals surface area contributed by atoms with Crippen LogP contribution < -0.4 is 10.1 Å². The summed E-state index contributed by atoms with van der Waals surface area (Å²) in [5, 5.41) is 9.22. The van der Waals surface area contributed by atoms with Crippen molar-refractivity contribution >= 4 is 17.2 Å². The molecular formula is C21H22N2O3S. The molecule has 3 aromatic rings. The molecule has 4 rings (SSSR count). The van der Waals surface area contributed by atoms with E-state index in [-0.39, 0.29) is 11.3 Å². The summed E-state index contributed by atoms with van der Waals surface area (Å²) in [7, 11) is 1.64. The molecule has 1 aliphatic carbocycles. The van der Waals surface area contributed by atoms with E-state index in [1.54, 1.807) is 18.4 Å². The molecule has 2 aromatic heterocycles. The second kappa shape index (κ2) is 7.56. The maximum absolute atomic E-state index is 13.0. The van der Waals surface area contributed by atoms with Crippen molar-refractivity contribution < 1.29 is 14.1 Å². The number of ether oxygens (including phenoxy) is 1. The molecule has 0 radical (unpaired) electrons. The van der Waals surface area contributed by atoms with Crippen molar-refractivity contribution in [3.05, 3.63) is 58.4 Å². The molecule has 0 saturated heterocycles. The molecule has 140 valence electrons. The zero-order valence-electron chi connectivity index (χ0n) is 15.2. The molecule has 5 nitrogen and oxygen atoms in total. The van der Waals surface area contributed by atoms with E-state index in [9.17, 15) is 4.79 Å². The Morgan fingerprint density at radius 3 is 2.70 bits per heavy atom. The molecule has 1 amide bonds. The Morgan fingerprint density at radius 1 is 1.26 bits per heavy atom. The van der Waals surface area contributed by atoms with E-state index in [1.165, 1.54) is 0 Å². The largest absolute Gasteiger partial charge is 0.497 e. The van der Waals surface area contributed by atoms with Crippen molar-refractivity contribution in [3.63, 3.8) is 0 Å². The molecule has 1 fully saturated rings. The van der Waals surface area contributed by atoms with Gasteiger partial charge < -0.3 is 14.6 Å². The van der Waals surface area contributed by atoms with Crippen LogP contribution in [0.3, 0.4) is 0 Å². The molecule has 0 spiro atoms. The number of benzene rings is 1. The summed E-state index contributed by atoms with van der Waals surface area (Å²) in [5.41, 5.74) is 1.26. The molecule has 1 N–H and O–H groups in total. The van der Waals surface area contributed by atoms with E-state index in [1.807, 2.05) is 41.8 Å². The lowest BCUT2D eigenvalue weighted by Crippen LogP contribution is -2.41. The molecule has 0 atom stereocenters. The Morgan fingerprint density at radius 2 is 2.04 bits per heavy atom. The third-order valence-electron chi connectivity index (χ3n) is 5.25. The second-order valence-electron chi connectivity index (χ2n) is 6.86. The van der Waals surface area contributed by atoms with Crippen LogP contribution >= 0.6 is 11.3 Å². The number of hydrogen-bond acceptors (Lipinski definition) is 5. The number of hydrogen-bond donors (Lipinski definition) is 1. The standard InChI is InChI=1S/C21H22N2O3S/c1-25-17-8-6-15(7-9-17)18-13-16(23-26-18)14-22-20(24)21(10-2-3-11-21)19-5-4-12-27-19/h4-9,12-13H,2-3,10-11,14H2,1H3,(H,22,24). The maximum atomic E-state index is 13.0. The summed E-state index contributed by atoms with van der Waals surface area (Å²) in [6.45, 7) is 0.367. The lowest BCUT2D eigenvalue weighted by atomic mass is 9.83. The van der Waals surface area contributed by atoms with Crippen LogP contribution in [0, 0.1) is 0 Å². The third-order valence-corrected chi connectivity index (χ3v) is 6.32. The quantitative estimate of drug-likeness (QED) is 0.680. The number of nitrogens with zero attached hydrogens (tertiary/aromatic N) is 1. The highest BCUT2D eigenvalue weighted by Gasteiger charge is 2.43. The van der Waals surface area contributed by atoms with Crippen molar-refractivity contribution in [2.75, 3.05) is 7.11 Å². The van der Waals surface area contributed by atoms with Gasteiger partial charge in [0, 0.05) is 16.5 Å².